The zero-order chi connectivity index (χ0) is 19.8. The largest absolute Gasteiger partial charge is 0.445 e. The second-order valence-electron chi connectivity index (χ2n) is 6.50. The minimum atomic E-state index is 0.112. The lowest BCUT2D eigenvalue weighted by molar-refractivity contribution is -0.128. The first kappa shape index (κ1) is 18.1. The lowest BCUT2D eigenvalue weighted by Crippen LogP contribution is -2.23. The molecule has 1 fully saturated rings. The summed E-state index contributed by atoms with van der Waals surface area (Å²) in [7, 11) is 0. The SMILES string of the molecule is O=C1CCCN1Cc1nnc(Sc2ncnc3occ(-c4ccc(Cl)cc4)c23)o1. The van der Waals surface area contributed by atoms with Crippen molar-refractivity contribution in [2.45, 2.75) is 29.6 Å². The Morgan fingerprint density at radius 2 is 2.03 bits per heavy atom. The van der Waals surface area contributed by atoms with Crippen molar-refractivity contribution < 1.29 is 13.6 Å². The summed E-state index contributed by atoms with van der Waals surface area (Å²) in [5.41, 5.74) is 2.25. The van der Waals surface area contributed by atoms with Crippen LogP contribution in [-0.4, -0.2) is 37.5 Å². The highest BCUT2D eigenvalue weighted by atomic mass is 35.5. The van der Waals surface area contributed by atoms with E-state index in [1.165, 1.54) is 18.1 Å². The van der Waals surface area contributed by atoms with Gasteiger partial charge in [0.15, 0.2) is 0 Å². The molecular formula is C19H14ClN5O3S. The number of halogens is 1. The minimum Gasteiger partial charge on any atom is -0.445 e. The summed E-state index contributed by atoms with van der Waals surface area (Å²) in [5.74, 6) is 0.513. The third kappa shape index (κ3) is 3.58. The smallest absolute Gasteiger partial charge is 0.283 e. The van der Waals surface area contributed by atoms with E-state index >= 15 is 0 Å². The van der Waals surface area contributed by atoms with Gasteiger partial charge in [0.2, 0.25) is 17.5 Å². The Morgan fingerprint density at radius 3 is 2.83 bits per heavy atom. The first-order valence-corrected chi connectivity index (χ1v) is 10.1. The van der Waals surface area contributed by atoms with E-state index in [4.69, 9.17) is 20.4 Å². The molecule has 0 atom stereocenters. The predicted octanol–water partition coefficient (Wildman–Crippen LogP) is 4.20. The molecule has 1 aliphatic rings. The molecule has 8 nitrogen and oxygen atoms in total. The quantitative estimate of drug-likeness (QED) is 0.437. The van der Waals surface area contributed by atoms with Crippen molar-refractivity contribution in [3.8, 4) is 11.1 Å². The number of carbonyl (C=O) groups is 1. The molecule has 5 rings (SSSR count). The van der Waals surface area contributed by atoms with Gasteiger partial charge in [0.05, 0.1) is 11.9 Å². The molecule has 4 heterocycles. The fourth-order valence-electron chi connectivity index (χ4n) is 3.23. The monoisotopic (exact) mass is 427 g/mol. The van der Waals surface area contributed by atoms with Crippen molar-refractivity contribution in [1.82, 2.24) is 25.1 Å². The molecule has 3 aromatic heterocycles. The van der Waals surface area contributed by atoms with E-state index in [9.17, 15) is 4.79 Å². The normalized spacial score (nSPS) is 14.2. The van der Waals surface area contributed by atoms with Crippen molar-refractivity contribution in [2.24, 2.45) is 0 Å². The van der Waals surface area contributed by atoms with Crippen molar-refractivity contribution in [3.05, 3.63) is 47.8 Å². The Hall–Kier alpha value is -2.91. The van der Waals surface area contributed by atoms with Gasteiger partial charge in [-0.05, 0) is 35.9 Å². The summed E-state index contributed by atoms with van der Waals surface area (Å²) in [6, 6.07) is 7.45. The number of carbonyl (C=O) groups excluding carboxylic acids is 1. The number of likely N-dealkylation sites (tertiary alicyclic amines) is 1. The fraction of sp³-hybridized carbons (Fsp3) is 0.211. The third-order valence-electron chi connectivity index (χ3n) is 4.62. The van der Waals surface area contributed by atoms with Crippen LogP contribution in [-0.2, 0) is 11.3 Å². The van der Waals surface area contributed by atoms with Crippen LogP contribution in [0, 0.1) is 0 Å². The second kappa shape index (κ2) is 7.49. The van der Waals surface area contributed by atoms with E-state index in [0.717, 1.165) is 29.5 Å². The molecule has 1 amide bonds. The molecule has 0 saturated carbocycles. The predicted molar refractivity (Wildman–Crippen MR) is 105 cm³/mol. The lowest BCUT2D eigenvalue weighted by atomic mass is 10.1. The molecule has 1 aliphatic heterocycles. The van der Waals surface area contributed by atoms with Gasteiger partial charge in [-0.25, -0.2) is 9.97 Å². The van der Waals surface area contributed by atoms with Crippen LogP contribution in [0.3, 0.4) is 0 Å². The van der Waals surface area contributed by atoms with E-state index in [0.29, 0.717) is 39.8 Å². The number of aromatic nitrogens is 4. The Balaban J connectivity index is 1.44. The molecular weight excluding hydrogens is 414 g/mol. The first-order valence-electron chi connectivity index (χ1n) is 8.93. The molecule has 29 heavy (non-hydrogen) atoms. The standard InChI is InChI=1S/C19H14ClN5O3S/c20-12-5-3-11(4-6-12)13-9-27-17-16(13)18(22-10-21-17)29-19-24-23-14(28-19)8-25-7-1-2-15(25)26/h3-6,9-10H,1-2,7-8H2. The zero-order valence-electron chi connectivity index (χ0n) is 15.0. The second-order valence-corrected chi connectivity index (χ2v) is 7.87. The van der Waals surface area contributed by atoms with E-state index < -0.39 is 0 Å². The number of furan rings is 1. The zero-order valence-corrected chi connectivity index (χ0v) is 16.6. The van der Waals surface area contributed by atoms with E-state index in [1.54, 1.807) is 11.2 Å². The molecule has 4 aromatic rings. The van der Waals surface area contributed by atoms with Gasteiger partial charge in [-0.3, -0.25) is 4.79 Å². The number of hydrogen-bond acceptors (Lipinski definition) is 8. The molecule has 0 spiro atoms. The molecule has 0 radical (unpaired) electrons. The van der Waals surface area contributed by atoms with Crippen LogP contribution in [0.4, 0.5) is 0 Å². The van der Waals surface area contributed by atoms with Crippen LogP contribution in [0.2, 0.25) is 5.02 Å². The van der Waals surface area contributed by atoms with Crippen LogP contribution in [0.15, 0.2) is 55.9 Å². The number of fused-ring (bicyclic) bond motifs is 1. The summed E-state index contributed by atoms with van der Waals surface area (Å²) in [4.78, 5) is 22.1. The van der Waals surface area contributed by atoms with Crippen LogP contribution in [0.5, 0.6) is 0 Å². The van der Waals surface area contributed by atoms with E-state index in [2.05, 4.69) is 20.2 Å². The Labute approximate surface area is 174 Å². The van der Waals surface area contributed by atoms with Gasteiger partial charge in [0.1, 0.15) is 17.6 Å². The first-order chi connectivity index (χ1) is 14.2. The van der Waals surface area contributed by atoms with Gasteiger partial charge in [-0.15, -0.1) is 10.2 Å². The molecule has 146 valence electrons. The van der Waals surface area contributed by atoms with Gasteiger partial charge in [0.25, 0.3) is 5.22 Å². The van der Waals surface area contributed by atoms with Crippen LogP contribution in [0.1, 0.15) is 18.7 Å². The number of hydrogen-bond donors (Lipinski definition) is 0. The van der Waals surface area contributed by atoms with Gasteiger partial charge in [-0.2, -0.15) is 0 Å². The molecule has 10 heteroatoms. The van der Waals surface area contributed by atoms with Crippen molar-refractivity contribution in [1.29, 1.82) is 0 Å². The average molecular weight is 428 g/mol. The van der Waals surface area contributed by atoms with Crippen LogP contribution in [0.25, 0.3) is 22.2 Å². The number of nitrogens with zero attached hydrogens (tertiary/aromatic N) is 5. The van der Waals surface area contributed by atoms with Crippen molar-refractivity contribution in [3.63, 3.8) is 0 Å². The Kier molecular flexibility index (Phi) is 4.69. The van der Waals surface area contributed by atoms with E-state index in [1.807, 2.05) is 24.3 Å². The van der Waals surface area contributed by atoms with Gasteiger partial charge in [0, 0.05) is 23.6 Å². The molecule has 1 aromatic carbocycles. The highest BCUT2D eigenvalue weighted by molar-refractivity contribution is 7.99. The Bertz CT molecular complexity index is 1190. The highest BCUT2D eigenvalue weighted by Crippen LogP contribution is 2.38. The summed E-state index contributed by atoms with van der Waals surface area (Å²) in [6.45, 7) is 1.04. The van der Waals surface area contributed by atoms with Gasteiger partial charge >= 0.3 is 0 Å². The van der Waals surface area contributed by atoms with Crippen LogP contribution < -0.4 is 0 Å². The van der Waals surface area contributed by atoms with Crippen molar-refractivity contribution >= 4 is 40.4 Å². The third-order valence-corrected chi connectivity index (χ3v) is 5.71. The van der Waals surface area contributed by atoms with Gasteiger partial charge in [-0.1, -0.05) is 23.7 Å². The summed E-state index contributed by atoms with van der Waals surface area (Å²) in [6.07, 6.45) is 4.51. The van der Waals surface area contributed by atoms with Crippen LogP contribution >= 0.6 is 23.4 Å². The maximum Gasteiger partial charge on any atom is 0.283 e. The van der Waals surface area contributed by atoms with Gasteiger partial charge < -0.3 is 13.7 Å². The number of amides is 1. The molecule has 1 saturated heterocycles. The van der Waals surface area contributed by atoms with E-state index in [-0.39, 0.29) is 5.91 Å². The number of benzene rings is 1. The lowest BCUT2D eigenvalue weighted by Gasteiger charge is -2.11. The fourth-order valence-corrected chi connectivity index (χ4v) is 4.14. The molecule has 0 unspecified atom stereocenters. The summed E-state index contributed by atoms with van der Waals surface area (Å²) < 4.78 is 11.3. The maximum atomic E-state index is 11.8. The van der Waals surface area contributed by atoms with Crippen molar-refractivity contribution in [2.75, 3.05) is 6.54 Å². The summed E-state index contributed by atoms with van der Waals surface area (Å²) >= 11 is 7.23. The minimum absolute atomic E-state index is 0.112. The maximum absolute atomic E-state index is 11.8. The molecule has 0 bridgehead atoms. The summed E-state index contributed by atoms with van der Waals surface area (Å²) in [5, 5.41) is 10.5. The molecule has 0 N–H and O–H groups in total. The number of rotatable bonds is 5. The topological polar surface area (TPSA) is 98.2 Å². The highest BCUT2D eigenvalue weighted by Gasteiger charge is 2.23. The Morgan fingerprint density at radius 1 is 1.17 bits per heavy atom. The average Bonchev–Trinajstić information content (AvgIpc) is 3.44. The molecule has 0 aliphatic carbocycles.